The van der Waals surface area contributed by atoms with E-state index in [1.807, 2.05) is 17.0 Å². The maximum Gasteiger partial charge on any atom is 0.239 e. The van der Waals surface area contributed by atoms with Crippen LogP contribution in [0.1, 0.15) is 31.4 Å². The van der Waals surface area contributed by atoms with E-state index in [-0.39, 0.29) is 11.3 Å². The normalized spacial score (nSPS) is 23.6. The summed E-state index contributed by atoms with van der Waals surface area (Å²) in [6.45, 7) is 7.71. The number of hydrogen-bond acceptors (Lipinski definition) is 3. The molecule has 1 unspecified atom stereocenters. The van der Waals surface area contributed by atoms with E-state index in [2.05, 4.69) is 36.9 Å². The highest BCUT2D eigenvalue weighted by Gasteiger charge is 2.54. The molecule has 4 heteroatoms. The molecule has 2 aromatic rings. The summed E-state index contributed by atoms with van der Waals surface area (Å²) in [5.41, 5.74) is 3.13. The third kappa shape index (κ3) is 2.37. The van der Waals surface area contributed by atoms with Crippen molar-refractivity contribution in [2.75, 3.05) is 24.5 Å². The van der Waals surface area contributed by atoms with Gasteiger partial charge in [0, 0.05) is 30.9 Å². The van der Waals surface area contributed by atoms with Crippen LogP contribution in [0.4, 0.5) is 5.69 Å². The number of amides is 1. The molecule has 3 heterocycles. The Bertz CT molecular complexity index is 738. The van der Waals surface area contributed by atoms with E-state index in [0.717, 1.165) is 38.3 Å². The molecule has 4 rings (SSSR count). The predicted molar refractivity (Wildman–Crippen MR) is 93.9 cm³/mol. The van der Waals surface area contributed by atoms with Crippen molar-refractivity contribution in [1.29, 1.82) is 0 Å². The van der Waals surface area contributed by atoms with E-state index in [0.29, 0.717) is 5.92 Å². The number of carbonyl (C=O) groups is 1. The lowest BCUT2D eigenvalue weighted by Gasteiger charge is -2.25. The van der Waals surface area contributed by atoms with Crippen molar-refractivity contribution in [1.82, 2.24) is 4.90 Å². The van der Waals surface area contributed by atoms with Crippen LogP contribution in [0.15, 0.2) is 47.3 Å². The number of likely N-dealkylation sites (tertiary alicyclic amines) is 1. The molecule has 0 N–H and O–H groups in total. The third-order valence-electron chi connectivity index (χ3n) is 5.25. The van der Waals surface area contributed by atoms with E-state index in [9.17, 15) is 4.79 Å². The maximum atomic E-state index is 13.4. The first-order valence-electron chi connectivity index (χ1n) is 8.75. The van der Waals surface area contributed by atoms with Crippen molar-refractivity contribution < 1.29 is 9.21 Å². The Morgan fingerprint density at radius 2 is 2.08 bits per heavy atom. The van der Waals surface area contributed by atoms with Crippen LogP contribution < -0.4 is 4.90 Å². The number of nitrogens with zero attached hydrogens (tertiary/aromatic N) is 2. The molecular weight excluding hydrogens is 300 g/mol. The Kier molecular flexibility index (Phi) is 3.72. The van der Waals surface area contributed by atoms with Gasteiger partial charge in [0.15, 0.2) is 0 Å². The summed E-state index contributed by atoms with van der Waals surface area (Å²) in [5.74, 6) is 0.743. The number of carbonyl (C=O) groups excluding carboxylic acids is 1. The number of para-hydroxylation sites is 1. The molecule has 1 aromatic carbocycles. The fraction of sp³-hybridized carbons (Fsp3) is 0.450. The smallest absolute Gasteiger partial charge is 0.239 e. The molecule has 2 aliphatic heterocycles. The Labute approximate surface area is 143 Å². The molecule has 1 amide bonds. The summed E-state index contributed by atoms with van der Waals surface area (Å²) in [4.78, 5) is 17.7. The fourth-order valence-electron chi connectivity index (χ4n) is 4.20. The summed E-state index contributed by atoms with van der Waals surface area (Å²) in [5, 5.41) is 0. The molecule has 1 saturated heterocycles. The molecule has 1 fully saturated rings. The minimum absolute atomic E-state index is 0.284. The Balaban J connectivity index is 1.64. The van der Waals surface area contributed by atoms with Crippen LogP contribution in [-0.2, 0) is 16.8 Å². The minimum atomic E-state index is -0.366. The van der Waals surface area contributed by atoms with Gasteiger partial charge in [0.05, 0.1) is 17.9 Å². The predicted octanol–water partition coefficient (Wildman–Crippen LogP) is 3.43. The zero-order valence-electron chi connectivity index (χ0n) is 14.4. The van der Waals surface area contributed by atoms with Gasteiger partial charge in [-0.25, -0.2) is 0 Å². The van der Waals surface area contributed by atoms with Crippen molar-refractivity contribution in [3.8, 4) is 0 Å². The standard InChI is InChI=1S/C20H24N2O2/c1-15(2)11-22-18-6-4-3-5-17(18)20(19(22)23)8-9-21(14-20)12-16-7-10-24-13-16/h3-7,10,13,15H,8-9,11-12,14H2,1-2H3. The summed E-state index contributed by atoms with van der Waals surface area (Å²) in [7, 11) is 0. The van der Waals surface area contributed by atoms with Crippen LogP contribution in [-0.4, -0.2) is 30.4 Å². The quantitative estimate of drug-likeness (QED) is 0.864. The van der Waals surface area contributed by atoms with Crippen molar-refractivity contribution in [2.45, 2.75) is 32.2 Å². The summed E-state index contributed by atoms with van der Waals surface area (Å²) in [6.07, 6.45) is 4.40. The average molecular weight is 324 g/mol. The van der Waals surface area contributed by atoms with E-state index in [1.54, 1.807) is 12.5 Å². The number of hydrogen-bond donors (Lipinski definition) is 0. The van der Waals surface area contributed by atoms with Crippen LogP contribution in [0.5, 0.6) is 0 Å². The second-order valence-electron chi connectivity index (χ2n) is 7.50. The lowest BCUT2D eigenvalue weighted by atomic mass is 9.81. The van der Waals surface area contributed by atoms with Gasteiger partial charge in [-0.2, -0.15) is 0 Å². The third-order valence-corrected chi connectivity index (χ3v) is 5.25. The van der Waals surface area contributed by atoms with Gasteiger partial charge in [-0.1, -0.05) is 32.0 Å². The van der Waals surface area contributed by atoms with Crippen LogP contribution in [0.2, 0.25) is 0 Å². The second kappa shape index (κ2) is 5.78. The lowest BCUT2D eigenvalue weighted by Crippen LogP contribution is -2.43. The molecule has 126 valence electrons. The van der Waals surface area contributed by atoms with Crippen molar-refractivity contribution >= 4 is 11.6 Å². The first-order valence-corrected chi connectivity index (χ1v) is 8.75. The summed E-state index contributed by atoms with van der Waals surface area (Å²) in [6, 6.07) is 10.3. The first kappa shape index (κ1) is 15.5. The van der Waals surface area contributed by atoms with E-state index in [4.69, 9.17) is 4.42 Å². The van der Waals surface area contributed by atoms with Crippen LogP contribution in [0, 0.1) is 5.92 Å². The van der Waals surface area contributed by atoms with Gasteiger partial charge in [0.1, 0.15) is 0 Å². The molecule has 1 atom stereocenters. The summed E-state index contributed by atoms with van der Waals surface area (Å²) < 4.78 is 5.18. The number of fused-ring (bicyclic) bond motifs is 2. The van der Waals surface area contributed by atoms with Crippen LogP contribution >= 0.6 is 0 Å². The molecular formula is C20H24N2O2. The van der Waals surface area contributed by atoms with Gasteiger partial charge >= 0.3 is 0 Å². The largest absolute Gasteiger partial charge is 0.472 e. The monoisotopic (exact) mass is 324 g/mol. The fourth-order valence-corrected chi connectivity index (χ4v) is 4.20. The zero-order chi connectivity index (χ0) is 16.7. The highest BCUT2D eigenvalue weighted by molar-refractivity contribution is 6.08. The highest BCUT2D eigenvalue weighted by atomic mass is 16.3. The molecule has 2 aliphatic rings. The van der Waals surface area contributed by atoms with Crippen molar-refractivity contribution in [3.63, 3.8) is 0 Å². The zero-order valence-corrected chi connectivity index (χ0v) is 14.4. The van der Waals surface area contributed by atoms with Gasteiger partial charge in [-0.15, -0.1) is 0 Å². The number of benzene rings is 1. The van der Waals surface area contributed by atoms with Crippen molar-refractivity contribution in [3.05, 3.63) is 54.0 Å². The minimum Gasteiger partial charge on any atom is -0.472 e. The van der Waals surface area contributed by atoms with Gasteiger partial charge in [0.25, 0.3) is 0 Å². The van der Waals surface area contributed by atoms with E-state index >= 15 is 0 Å². The molecule has 1 aromatic heterocycles. The molecule has 1 spiro atoms. The van der Waals surface area contributed by atoms with Gasteiger partial charge < -0.3 is 9.32 Å². The average Bonchev–Trinajstić information content (AvgIpc) is 3.26. The van der Waals surface area contributed by atoms with Gasteiger partial charge in [-0.05, 0) is 36.6 Å². The van der Waals surface area contributed by atoms with E-state index < -0.39 is 0 Å². The maximum absolute atomic E-state index is 13.4. The van der Waals surface area contributed by atoms with Crippen LogP contribution in [0.25, 0.3) is 0 Å². The van der Waals surface area contributed by atoms with Gasteiger partial charge in [0.2, 0.25) is 5.91 Å². The van der Waals surface area contributed by atoms with Crippen molar-refractivity contribution in [2.24, 2.45) is 5.92 Å². The molecule has 24 heavy (non-hydrogen) atoms. The molecule has 0 radical (unpaired) electrons. The number of furan rings is 1. The highest BCUT2D eigenvalue weighted by Crippen LogP contribution is 2.47. The van der Waals surface area contributed by atoms with E-state index in [1.165, 1.54) is 11.1 Å². The SMILES string of the molecule is CC(C)CN1C(=O)C2(CCN(Cc3ccoc3)C2)c2ccccc21. The Morgan fingerprint density at radius 1 is 1.25 bits per heavy atom. The van der Waals surface area contributed by atoms with Crippen LogP contribution in [0.3, 0.4) is 0 Å². The number of anilines is 1. The molecule has 0 bridgehead atoms. The summed E-state index contributed by atoms with van der Waals surface area (Å²) >= 11 is 0. The second-order valence-corrected chi connectivity index (χ2v) is 7.50. The Hall–Kier alpha value is -2.07. The lowest BCUT2D eigenvalue weighted by molar-refractivity contribution is -0.122. The molecule has 0 saturated carbocycles. The number of rotatable bonds is 4. The first-order chi connectivity index (χ1) is 11.6. The Morgan fingerprint density at radius 3 is 2.83 bits per heavy atom. The topological polar surface area (TPSA) is 36.7 Å². The molecule has 4 nitrogen and oxygen atoms in total. The molecule has 0 aliphatic carbocycles. The van der Waals surface area contributed by atoms with Gasteiger partial charge in [-0.3, -0.25) is 9.69 Å².